The Balaban J connectivity index is 0.00000225. The van der Waals surface area contributed by atoms with Gasteiger partial charge >= 0.3 is 18.9 Å². The van der Waals surface area contributed by atoms with Crippen LogP contribution >= 0.6 is 0 Å². The standard InChI is InChI=1S/C24H25.Li/c1-2-3-19-23(20-13-7-4-8-14-20)24(21-15-9-5-10-16-21)22-17-11-6-12-18-22;/h4-18,23H,2-3,19H2,1H3;/q-1;+1. The fourth-order valence-electron chi connectivity index (χ4n) is 3.38. The molecule has 122 valence electrons. The monoisotopic (exact) mass is 320 g/mol. The summed E-state index contributed by atoms with van der Waals surface area (Å²) in [5.41, 5.74) is 4.07. The molecule has 0 fully saturated rings. The van der Waals surface area contributed by atoms with Gasteiger partial charge in [-0.1, -0.05) is 86.5 Å². The van der Waals surface area contributed by atoms with Crippen LogP contribution in [0.15, 0.2) is 91.0 Å². The van der Waals surface area contributed by atoms with E-state index >= 15 is 0 Å². The van der Waals surface area contributed by atoms with E-state index in [-0.39, 0.29) is 18.9 Å². The van der Waals surface area contributed by atoms with E-state index in [4.69, 9.17) is 0 Å². The van der Waals surface area contributed by atoms with E-state index in [0.717, 1.165) is 0 Å². The summed E-state index contributed by atoms with van der Waals surface area (Å²) in [4.78, 5) is 0. The molecule has 0 amide bonds. The Labute approximate surface area is 164 Å². The molecule has 0 radical (unpaired) electrons. The third kappa shape index (κ3) is 5.05. The SMILES string of the molecule is CCCCC(c1ccccc1)[C-](c1ccccc1)c1ccccc1.[Li+]. The molecule has 3 aromatic rings. The predicted octanol–water partition coefficient (Wildman–Crippen LogP) is 3.64. The first-order chi connectivity index (χ1) is 11.9. The van der Waals surface area contributed by atoms with Crippen LogP contribution in [-0.2, 0) is 0 Å². The zero-order valence-electron chi connectivity index (χ0n) is 15.4. The summed E-state index contributed by atoms with van der Waals surface area (Å²) in [6.07, 6.45) is 3.64. The molecule has 1 heteroatoms. The molecule has 1 unspecified atom stereocenters. The second-order valence-electron chi connectivity index (χ2n) is 6.25. The molecule has 0 bridgehead atoms. The maximum atomic E-state index is 2.27. The molecule has 3 rings (SSSR count). The van der Waals surface area contributed by atoms with E-state index in [2.05, 4.69) is 97.9 Å². The Bertz CT molecular complexity index is 667. The first-order valence-electron chi connectivity index (χ1n) is 8.92. The van der Waals surface area contributed by atoms with Crippen LogP contribution in [0.5, 0.6) is 0 Å². The van der Waals surface area contributed by atoms with E-state index in [0.29, 0.717) is 5.92 Å². The van der Waals surface area contributed by atoms with Gasteiger partial charge in [-0.25, -0.2) is 0 Å². The molecule has 3 aromatic carbocycles. The Morgan fingerprint density at radius 2 is 1.12 bits per heavy atom. The van der Waals surface area contributed by atoms with E-state index in [1.165, 1.54) is 41.9 Å². The molecule has 0 heterocycles. The Hall–Kier alpha value is -1.87. The minimum atomic E-state index is 0. The first-order valence-corrected chi connectivity index (χ1v) is 8.92. The van der Waals surface area contributed by atoms with Gasteiger partial charge in [-0.2, -0.15) is 0 Å². The van der Waals surface area contributed by atoms with E-state index in [1.54, 1.807) is 0 Å². The molecule has 0 saturated carbocycles. The molecule has 0 nitrogen and oxygen atoms in total. The largest absolute Gasteiger partial charge is 1.00 e. The van der Waals surface area contributed by atoms with Crippen molar-refractivity contribution in [2.45, 2.75) is 32.1 Å². The maximum absolute atomic E-state index is 2.27. The molecular weight excluding hydrogens is 295 g/mol. The van der Waals surface area contributed by atoms with Crippen molar-refractivity contribution >= 4 is 0 Å². The van der Waals surface area contributed by atoms with Gasteiger partial charge in [0.25, 0.3) is 0 Å². The van der Waals surface area contributed by atoms with Gasteiger partial charge < -0.3 is 0 Å². The summed E-state index contributed by atoms with van der Waals surface area (Å²) in [5.74, 6) is 1.87. The summed E-state index contributed by atoms with van der Waals surface area (Å²) in [7, 11) is 0. The van der Waals surface area contributed by atoms with Crippen LogP contribution in [0.3, 0.4) is 0 Å². The van der Waals surface area contributed by atoms with Crippen LogP contribution in [-0.4, -0.2) is 0 Å². The summed E-state index contributed by atoms with van der Waals surface area (Å²) >= 11 is 0. The van der Waals surface area contributed by atoms with Gasteiger partial charge in [0, 0.05) is 0 Å². The summed E-state index contributed by atoms with van der Waals surface area (Å²) in [6.45, 7) is 2.27. The Kier molecular flexibility index (Phi) is 7.93. The molecule has 0 N–H and O–H groups in total. The van der Waals surface area contributed by atoms with Crippen molar-refractivity contribution in [2.75, 3.05) is 0 Å². The van der Waals surface area contributed by atoms with Crippen LogP contribution in [0.2, 0.25) is 0 Å². The summed E-state index contributed by atoms with van der Waals surface area (Å²) < 4.78 is 0. The van der Waals surface area contributed by atoms with Gasteiger partial charge in [-0.3, -0.25) is 0 Å². The average molecular weight is 320 g/mol. The molecule has 0 aliphatic rings. The van der Waals surface area contributed by atoms with Crippen molar-refractivity contribution in [2.24, 2.45) is 0 Å². The second-order valence-corrected chi connectivity index (χ2v) is 6.25. The molecular formula is C24H25Li. The van der Waals surface area contributed by atoms with Crippen LogP contribution in [0.1, 0.15) is 48.8 Å². The fourth-order valence-corrected chi connectivity index (χ4v) is 3.38. The minimum absolute atomic E-state index is 0. The zero-order chi connectivity index (χ0) is 16.6. The number of hydrogen-bond donors (Lipinski definition) is 0. The first kappa shape index (κ1) is 19.5. The molecule has 0 aliphatic heterocycles. The molecule has 0 spiro atoms. The van der Waals surface area contributed by atoms with Crippen molar-refractivity contribution < 1.29 is 18.9 Å². The van der Waals surface area contributed by atoms with Gasteiger partial charge in [-0.05, 0) is 17.9 Å². The average Bonchev–Trinajstić information content (AvgIpc) is 2.67. The van der Waals surface area contributed by atoms with Gasteiger partial charge in [0.1, 0.15) is 0 Å². The predicted molar refractivity (Wildman–Crippen MR) is 103 cm³/mol. The van der Waals surface area contributed by atoms with Crippen LogP contribution in [0, 0.1) is 5.92 Å². The molecule has 25 heavy (non-hydrogen) atoms. The summed E-state index contributed by atoms with van der Waals surface area (Å²) in [5, 5.41) is 0. The third-order valence-corrected chi connectivity index (χ3v) is 4.57. The molecule has 0 aromatic heterocycles. The minimum Gasteiger partial charge on any atom is -0.120 e. The van der Waals surface area contributed by atoms with Crippen LogP contribution in [0.25, 0.3) is 0 Å². The molecule has 0 saturated heterocycles. The van der Waals surface area contributed by atoms with E-state index in [1.807, 2.05) is 0 Å². The second kappa shape index (κ2) is 10.2. The number of rotatable bonds is 7. The van der Waals surface area contributed by atoms with Crippen molar-refractivity contribution in [1.29, 1.82) is 0 Å². The Morgan fingerprint density at radius 3 is 1.56 bits per heavy atom. The molecule has 0 aliphatic carbocycles. The van der Waals surface area contributed by atoms with Gasteiger partial charge in [0.15, 0.2) is 0 Å². The van der Waals surface area contributed by atoms with Crippen molar-refractivity contribution in [1.82, 2.24) is 0 Å². The smallest absolute Gasteiger partial charge is 0.120 e. The third-order valence-electron chi connectivity index (χ3n) is 4.57. The van der Waals surface area contributed by atoms with Gasteiger partial charge in [0.2, 0.25) is 0 Å². The number of benzene rings is 3. The van der Waals surface area contributed by atoms with Crippen molar-refractivity contribution in [3.05, 3.63) is 114 Å². The van der Waals surface area contributed by atoms with Gasteiger partial charge in [0.05, 0.1) is 0 Å². The van der Waals surface area contributed by atoms with Crippen molar-refractivity contribution in [3.63, 3.8) is 0 Å². The zero-order valence-corrected chi connectivity index (χ0v) is 15.4. The van der Waals surface area contributed by atoms with E-state index < -0.39 is 0 Å². The van der Waals surface area contributed by atoms with Crippen molar-refractivity contribution in [3.8, 4) is 0 Å². The topological polar surface area (TPSA) is 0 Å². The van der Waals surface area contributed by atoms with E-state index in [9.17, 15) is 0 Å². The van der Waals surface area contributed by atoms with Crippen LogP contribution < -0.4 is 18.9 Å². The van der Waals surface area contributed by atoms with Gasteiger partial charge in [-0.15, -0.1) is 41.3 Å². The molecule has 1 atom stereocenters. The maximum Gasteiger partial charge on any atom is 1.00 e. The van der Waals surface area contributed by atoms with Crippen LogP contribution in [0.4, 0.5) is 0 Å². The fraction of sp³-hybridized carbons (Fsp3) is 0.208. The number of hydrogen-bond acceptors (Lipinski definition) is 0. The summed E-state index contributed by atoms with van der Waals surface area (Å²) in [6, 6.07) is 32.7. The quantitative estimate of drug-likeness (QED) is 0.461. The Morgan fingerprint density at radius 1 is 0.680 bits per heavy atom. The number of unbranched alkanes of at least 4 members (excludes halogenated alkanes) is 1. The normalized spacial score (nSPS) is 11.4.